The summed E-state index contributed by atoms with van der Waals surface area (Å²) in [7, 11) is 0. The molecule has 1 N–H and O–H groups in total. The molecule has 0 aliphatic rings. The Morgan fingerprint density at radius 3 is 3.00 bits per heavy atom. The minimum atomic E-state index is -0.0909. The number of ether oxygens (including phenoxy) is 1. The van der Waals surface area contributed by atoms with E-state index in [0.717, 1.165) is 0 Å². The third-order valence-electron chi connectivity index (χ3n) is 0.914. The van der Waals surface area contributed by atoms with Gasteiger partial charge in [-0.2, -0.15) is 5.26 Å². The number of nitrogens with zero attached hydrogens (tertiary/aromatic N) is 1. The number of hydrogen-bond donors (Lipinski definition) is 1. The van der Waals surface area contributed by atoms with Gasteiger partial charge >= 0.3 is 0 Å². The molecule has 0 aromatic carbocycles. The molecule has 0 radical (unpaired) electrons. The van der Waals surface area contributed by atoms with Gasteiger partial charge < -0.3 is 9.84 Å². The zero-order valence-corrected chi connectivity index (χ0v) is 5.95. The van der Waals surface area contributed by atoms with Crippen LogP contribution in [-0.2, 0) is 4.74 Å². The van der Waals surface area contributed by atoms with Gasteiger partial charge in [0.15, 0.2) is 0 Å². The Kier molecular flexibility index (Phi) is 5.74. The number of hydrogen-bond acceptors (Lipinski definition) is 3. The van der Waals surface area contributed by atoms with E-state index >= 15 is 0 Å². The third-order valence-corrected chi connectivity index (χ3v) is 0.914. The summed E-state index contributed by atoms with van der Waals surface area (Å²) >= 11 is 0. The summed E-state index contributed by atoms with van der Waals surface area (Å²) in [6, 6.07) is 1.85. The van der Waals surface area contributed by atoms with Crippen molar-refractivity contribution < 1.29 is 9.84 Å². The highest BCUT2D eigenvalue weighted by atomic mass is 16.5. The van der Waals surface area contributed by atoms with Crippen molar-refractivity contribution in [2.75, 3.05) is 13.2 Å². The minimum Gasteiger partial charge on any atom is -0.394 e. The molecule has 0 aromatic heterocycles. The quantitative estimate of drug-likeness (QED) is 0.579. The average molecular weight is 141 g/mol. The van der Waals surface area contributed by atoms with Gasteiger partial charge in [0, 0.05) is 6.08 Å². The Morgan fingerprint density at radius 1 is 1.80 bits per heavy atom. The Balaban J connectivity index is 3.35. The second-order valence-electron chi connectivity index (χ2n) is 1.79. The van der Waals surface area contributed by atoms with Crippen LogP contribution in [0.2, 0.25) is 0 Å². The fourth-order valence-electron chi connectivity index (χ4n) is 0.473. The van der Waals surface area contributed by atoms with Crippen molar-refractivity contribution in [1.29, 1.82) is 5.26 Å². The molecule has 0 aliphatic heterocycles. The van der Waals surface area contributed by atoms with E-state index < -0.39 is 0 Å². The Labute approximate surface area is 60.5 Å². The van der Waals surface area contributed by atoms with E-state index in [0.29, 0.717) is 6.61 Å². The van der Waals surface area contributed by atoms with Crippen LogP contribution in [0.3, 0.4) is 0 Å². The van der Waals surface area contributed by atoms with Crippen LogP contribution < -0.4 is 0 Å². The summed E-state index contributed by atoms with van der Waals surface area (Å²) in [5.41, 5.74) is 0. The van der Waals surface area contributed by atoms with E-state index in [1.807, 2.05) is 13.0 Å². The molecule has 0 bridgehead atoms. The zero-order chi connectivity index (χ0) is 7.82. The molecule has 0 fully saturated rings. The molecule has 0 spiro atoms. The van der Waals surface area contributed by atoms with Crippen molar-refractivity contribution in [1.82, 2.24) is 0 Å². The first kappa shape index (κ1) is 9.15. The van der Waals surface area contributed by atoms with Crippen molar-refractivity contribution in [3.63, 3.8) is 0 Å². The normalized spacial score (nSPS) is 13.3. The van der Waals surface area contributed by atoms with Crippen LogP contribution in [-0.4, -0.2) is 24.4 Å². The summed E-state index contributed by atoms with van der Waals surface area (Å²) in [6.07, 6.45) is 2.91. The predicted molar refractivity (Wildman–Crippen MR) is 37.3 cm³/mol. The highest BCUT2D eigenvalue weighted by Gasteiger charge is 1.93. The SMILES string of the molecule is C[C@H](/C=C/C#N)OCCO. The van der Waals surface area contributed by atoms with Gasteiger partial charge in [-0.3, -0.25) is 0 Å². The second kappa shape index (κ2) is 6.27. The van der Waals surface area contributed by atoms with Crippen molar-refractivity contribution in [3.8, 4) is 6.07 Å². The smallest absolute Gasteiger partial charge is 0.0909 e. The van der Waals surface area contributed by atoms with Gasteiger partial charge in [-0.15, -0.1) is 0 Å². The van der Waals surface area contributed by atoms with Crippen molar-refractivity contribution in [2.45, 2.75) is 13.0 Å². The monoisotopic (exact) mass is 141 g/mol. The lowest BCUT2D eigenvalue weighted by Gasteiger charge is -2.04. The molecule has 0 aromatic rings. The van der Waals surface area contributed by atoms with Gasteiger partial charge in [0.05, 0.1) is 25.4 Å². The summed E-state index contributed by atoms with van der Waals surface area (Å²) in [5, 5.41) is 16.4. The molecule has 1 atom stereocenters. The van der Waals surface area contributed by atoms with Gasteiger partial charge in [0.2, 0.25) is 0 Å². The fourth-order valence-corrected chi connectivity index (χ4v) is 0.473. The maximum Gasteiger partial charge on any atom is 0.0909 e. The molecular weight excluding hydrogens is 130 g/mol. The van der Waals surface area contributed by atoms with Gasteiger partial charge in [0.25, 0.3) is 0 Å². The lowest BCUT2D eigenvalue weighted by atomic mass is 10.3. The standard InChI is InChI=1S/C7H11NO2/c1-7(3-2-4-8)10-6-5-9/h2-3,7,9H,5-6H2,1H3/b3-2+/t7-/m1/s1. The van der Waals surface area contributed by atoms with E-state index in [4.69, 9.17) is 15.1 Å². The van der Waals surface area contributed by atoms with Crippen LogP contribution in [0.4, 0.5) is 0 Å². The number of aliphatic hydroxyl groups excluding tert-OH is 1. The van der Waals surface area contributed by atoms with Crippen LogP contribution in [0.5, 0.6) is 0 Å². The van der Waals surface area contributed by atoms with Crippen molar-refractivity contribution >= 4 is 0 Å². The topological polar surface area (TPSA) is 53.2 Å². The van der Waals surface area contributed by atoms with E-state index in [1.165, 1.54) is 6.08 Å². The molecule has 10 heavy (non-hydrogen) atoms. The van der Waals surface area contributed by atoms with E-state index in [1.54, 1.807) is 6.08 Å². The molecule has 0 heterocycles. The van der Waals surface area contributed by atoms with Crippen LogP contribution in [0.1, 0.15) is 6.92 Å². The fraction of sp³-hybridized carbons (Fsp3) is 0.571. The molecule has 0 aliphatic carbocycles. The van der Waals surface area contributed by atoms with Crippen molar-refractivity contribution in [2.24, 2.45) is 0 Å². The Morgan fingerprint density at radius 2 is 2.50 bits per heavy atom. The van der Waals surface area contributed by atoms with Crippen LogP contribution >= 0.6 is 0 Å². The minimum absolute atomic E-state index is 0.0186. The number of rotatable bonds is 4. The molecule has 0 rings (SSSR count). The van der Waals surface area contributed by atoms with Gasteiger partial charge in [-0.1, -0.05) is 0 Å². The molecular formula is C7H11NO2. The van der Waals surface area contributed by atoms with Gasteiger partial charge in [0.1, 0.15) is 0 Å². The highest BCUT2D eigenvalue weighted by Crippen LogP contribution is 1.90. The van der Waals surface area contributed by atoms with Crippen LogP contribution in [0, 0.1) is 11.3 Å². The van der Waals surface area contributed by atoms with Crippen molar-refractivity contribution in [3.05, 3.63) is 12.2 Å². The first-order valence-corrected chi connectivity index (χ1v) is 3.10. The summed E-state index contributed by atoms with van der Waals surface area (Å²) in [6.45, 7) is 2.14. The van der Waals surface area contributed by atoms with E-state index in [-0.39, 0.29) is 12.7 Å². The molecule has 0 unspecified atom stereocenters. The summed E-state index contributed by atoms with van der Waals surface area (Å²) < 4.78 is 5.01. The number of allylic oxidation sites excluding steroid dienone is 1. The maximum absolute atomic E-state index is 8.33. The number of nitriles is 1. The van der Waals surface area contributed by atoms with Gasteiger partial charge in [-0.05, 0) is 13.0 Å². The number of aliphatic hydroxyl groups is 1. The first-order chi connectivity index (χ1) is 4.81. The predicted octanol–water partition coefficient (Wildman–Crippen LogP) is 0.464. The molecule has 56 valence electrons. The summed E-state index contributed by atoms with van der Waals surface area (Å²) in [5.74, 6) is 0. The summed E-state index contributed by atoms with van der Waals surface area (Å²) in [4.78, 5) is 0. The maximum atomic E-state index is 8.33. The zero-order valence-electron chi connectivity index (χ0n) is 5.95. The van der Waals surface area contributed by atoms with Crippen LogP contribution in [0.25, 0.3) is 0 Å². The van der Waals surface area contributed by atoms with Crippen LogP contribution in [0.15, 0.2) is 12.2 Å². The average Bonchev–Trinajstić information content (AvgIpc) is 1.97. The molecule has 0 saturated carbocycles. The van der Waals surface area contributed by atoms with E-state index in [9.17, 15) is 0 Å². The largest absolute Gasteiger partial charge is 0.394 e. The molecule has 3 nitrogen and oxygen atoms in total. The lowest BCUT2D eigenvalue weighted by molar-refractivity contribution is 0.0641. The Hall–Kier alpha value is -0.850. The highest BCUT2D eigenvalue weighted by molar-refractivity contribution is 5.03. The van der Waals surface area contributed by atoms with E-state index in [2.05, 4.69) is 0 Å². The first-order valence-electron chi connectivity index (χ1n) is 3.10. The molecule has 3 heteroatoms. The molecule has 0 saturated heterocycles. The van der Waals surface area contributed by atoms with Gasteiger partial charge in [-0.25, -0.2) is 0 Å². The third kappa shape index (κ3) is 5.29. The lowest BCUT2D eigenvalue weighted by Crippen LogP contribution is -2.07. The second-order valence-corrected chi connectivity index (χ2v) is 1.79. The Bertz CT molecular complexity index is 137. The molecule has 0 amide bonds.